The molecule has 5 nitrogen and oxygen atoms in total. The van der Waals surface area contributed by atoms with Crippen molar-refractivity contribution >= 4 is 45.0 Å². The van der Waals surface area contributed by atoms with Gasteiger partial charge >= 0.3 is 0 Å². The second kappa shape index (κ2) is 8.57. The zero-order valence-corrected chi connectivity index (χ0v) is 15.8. The standard InChI is InChI=1S/C19H22Cl2N2O3/c20-13-1-3-18-16(9-13)17-10-14(21)2-4-19(17)23(18)12-15(26)11-22(5-7-24)6-8-25/h1-4,9-10,15,24-26H,5-8,11-12H2/p+1. The molecule has 0 radical (unpaired) electrons. The third-order valence-electron chi connectivity index (χ3n) is 4.64. The summed E-state index contributed by atoms with van der Waals surface area (Å²) in [4.78, 5) is 0.967. The molecule has 0 aliphatic heterocycles. The van der Waals surface area contributed by atoms with Crippen LogP contribution in [0, 0.1) is 0 Å². The first-order valence-electron chi connectivity index (χ1n) is 8.64. The lowest BCUT2D eigenvalue weighted by Gasteiger charge is -2.21. The molecule has 3 rings (SSSR count). The maximum absolute atomic E-state index is 10.6. The molecule has 0 saturated heterocycles. The first-order chi connectivity index (χ1) is 12.5. The molecule has 1 aromatic heterocycles. The summed E-state index contributed by atoms with van der Waals surface area (Å²) in [5.41, 5.74) is 1.97. The van der Waals surface area contributed by atoms with Crippen LogP contribution in [0.2, 0.25) is 10.0 Å². The van der Waals surface area contributed by atoms with E-state index < -0.39 is 6.10 Å². The van der Waals surface area contributed by atoms with Crippen LogP contribution in [0.5, 0.6) is 0 Å². The van der Waals surface area contributed by atoms with Gasteiger partial charge in [-0.25, -0.2) is 0 Å². The molecule has 2 aromatic carbocycles. The molecule has 0 aliphatic rings. The smallest absolute Gasteiger partial charge is 0.121 e. The number of aromatic nitrogens is 1. The minimum atomic E-state index is -0.617. The van der Waals surface area contributed by atoms with Gasteiger partial charge in [0.2, 0.25) is 0 Å². The van der Waals surface area contributed by atoms with Gasteiger partial charge in [0.05, 0.1) is 19.8 Å². The van der Waals surface area contributed by atoms with Crippen LogP contribution in [0.1, 0.15) is 0 Å². The predicted octanol–water partition coefficient (Wildman–Crippen LogP) is 1.33. The molecule has 1 heterocycles. The van der Waals surface area contributed by atoms with Crippen LogP contribution < -0.4 is 4.90 Å². The van der Waals surface area contributed by atoms with E-state index in [0.717, 1.165) is 26.7 Å². The molecule has 0 amide bonds. The number of nitrogens with one attached hydrogen (secondary N) is 1. The molecule has 4 N–H and O–H groups in total. The fourth-order valence-electron chi connectivity index (χ4n) is 3.50. The van der Waals surface area contributed by atoms with Gasteiger partial charge in [0.1, 0.15) is 25.7 Å². The molecule has 0 saturated carbocycles. The maximum atomic E-state index is 10.6. The van der Waals surface area contributed by atoms with E-state index in [1.165, 1.54) is 0 Å². The summed E-state index contributed by atoms with van der Waals surface area (Å²) < 4.78 is 2.07. The Bertz CT molecular complexity index is 832. The first-order valence-corrected chi connectivity index (χ1v) is 9.39. The first kappa shape index (κ1) is 19.4. The van der Waals surface area contributed by atoms with Gasteiger partial charge < -0.3 is 24.8 Å². The number of benzene rings is 2. The van der Waals surface area contributed by atoms with Crippen LogP contribution in [0.15, 0.2) is 36.4 Å². The van der Waals surface area contributed by atoms with Crippen molar-refractivity contribution in [3.63, 3.8) is 0 Å². The highest BCUT2D eigenvalue weighted by Gasteiger charge is 2.18. The molecule has 26 heavy (non-hydrogen) atoms. The van der Waals surface area contributed by atoms with Gasteiger partial charge in [0.15, 0.2) is 0 Å². The fourth-order valence-corrected chi connectivity index (χ4v) is 3.84. The number of rotatable bonds is 8. The number of fused-ring (bicyclic) bond motifs is 3. The van der Waals surface area contributed by atoms with Crippen LogP contribution in [-0.2, 0) is 6.54 Å². The number of hydrogen-bond acceptors (Lipinski definition) is 3. The highest BCUT2D eigenvalue weighted by Crippen LogP contribution is 2.32. The van der Waals surface area contributed by atoms with Gasteiger partial charge in [0, 0.05) is 31.9 Å². The second-order valence-electron chi connectivity index (χ2n) is 6.49. The average molecular weight is 398 g/mol. The summed E-state index contributed by atoms with van der Waals surface area (Å²) in [5, 5.41) is 32.2. The molecule has 1 atom stereocenters. The largest absolute Gasteiger partial charge is 0.391 e. The summed E-state index contributed by atoms with van der Waals surface area (Å²) in [5.74, 6) is 0. The maximum Gasteiger partial charge on any atom is 0.121 e. The summed E-state index contributed by atoms with van der Waals surface area (Å²) in [6, 6.07) is 11.4. The molecule has 0 spiro atoms. The fraction of sp³-hybridized carbons (Fsp3) is 0.368. The van der Waals surface area contributed by atoms with Crippen molar-refractivity contribution in [3.8, 4) is 0 Å². The Balaban J connectivity index is 1.95. The van der Waals surface area contributed by atoms with Gasteiger partial charge in [-0.15, -0.1) is 0 Å². The molecule has 1 unspecified atom stereocenters. The highest BCUT2D eigenvalue weighted by molar-refractivity contribution is 6.33. The lowest BCUT2D eigenvalue weighted by Crippen LogP contribution is -3.14. The van der Waals surface area contributed by atoms with Crippen molar-refractivity contribution in [2.45, 2.75) is 12.6 Å². The molecule has 0 fully saturated rings. The van der Waals surface area contributed by atoms with Gasteiger partial charge in [-0.3, -0.25) is 0 Å². The van der Waals surface area contributed by atoms with Crippen molar-refractivity contribution in [2.24, 2.45) is 0 Å². The molecule has 0 bridgehead atoms. The summed E-state index contributed by atoms with van der Waals surface area (Å²) >= 11 is 12.3. The molecule has 3 aromatic rings. The van der Waals surface area contributed by atoms with Crippen molar-refractivity contribution in [3.05, 3.63) is 46.4 Å². The van der Waals surface area contributed by atoms with E-state index in [-0.39, 0.29) is 13.2 Å². The summed E-state index contributed by atoms with van der Waals surface area (Å²) in [7, 11) is 0. The summed E-state index contributed by atoms with van der Waals surface area (Å²) in [6.45, 7) is 1.89. The third-order valence-corrected chi connectivity index (χ3v) is 5.11. The Labute approximate surface area is 162 Å². The lowest BCUT2D eigenvalue weighted by atomic mass is 10.1. The van der Waals surface area contributed by atoms with Crippen molar-refractivity contribution < 1.29 is 20.2 Å². The van der Waals surface area contributed by atoms with Crippen LogP contribution in [0.3, 0.4) is 0 Å². The Morgan fingerprint density at radius 1 is 0.885 bits per heavy atom. The van der Waals surface area contributed by atoms with E-state index in [4.69, 9.17) is 33.4 Å². The monoisotopic (exact) mass is 397 g/mol. The average Bonchev–Trinajstić information content (AvgIpc) is 2.88. The van der Waals surface area contributed by atoms with Crippen molar-refractivity contribution in [1.82, 2.24) is 4.57 Å². The van der Waals surface area contributed by atoms with Crippen LogP contribution in [0.4, 0.5) is 0 Å². The molecular formula is C19H23Cl2N2O3+. The molecular weight excluding hydrogens is 375 g/mol. The van der Waals surface area contributed by atoms with Crippen LogP contribution in [-0.4, -0.2) is 58.8 Å². The van der Waals surface area contributed by atoms with E-state index in [0.29, 0.717) is 36.2 Å². The number of aliphatic hydroxyl groups excluding tert-OH is 3. The lowest BCUT2D eigenvalue weighted by molar-refractivity contribution is -0.904. The van der Waals surface area contributed by atoms with Crippen LogP contribution in [0.25, 0.3) is 21.8 Å². The number of nitrogens with zero attached hydrogens (tertiary/aromatic N) is 1. The predicted molar refractivity (Wildman–Crippen MR) is 105 cm³/mol. The Hall–Kier alpha value is -1.34. The van der Waals surface area contributed by atoms with Crippen molar-refractivity contribution in [2.75, 3.05) is 32.8 Å². The zero-order valence-electron chi connectivity index (χ0n) is 14.3. The Kier molecular flexibility index (Phi) is 6.40. The minimum absolute atomic E-state index is 0.0223. The normalized spacial score (nSPS) is 13.2. The van der Waals surface area contributed by atoms with E-state index in [2.05, 4.69) is 4.57 Å². The van der Waals surface area contributed by atoms with Crippen molar-refractivity contribution in [1.29, 1.82) is 0 Å². The Morgan fingerprint density at radius 2 is 1.38 bits per heavy atom. The van der Waals surface area contributed by atoms with Gasteiger partial charge in [0.25, 0.3) is 0 Å². The van der Waals surface area contributed by atoms with E-state index >= 15 is 0 Å². The summed E-state index contributed by atoms with van der Waals surface area (Å²) in [6.07, 6.45) is -0.617. The van der Waals surface area contributed by atoms with E-state index in [1.54, 1.807) is 0 Å². The second-order valence-corrected chi connectivity index (χ2v) is 7.36. The zero-order chi connectivity index (χ0) is 18.7. The van der Waals surface area contributed by atoms with Gasteiger partial charge in [-0.2, -0.15) is 0 Å². The SMILES string of the molecule is OCC[NH+](CCO)CC(O)Cn1c2ccc(Cl)cc2c2cc(Cl)ccc21. The number of halogens is 2. The highest BCUT2D eigenvalue weighted by atomic mass is 35.5. The van der Waals surface area contributed by atoms with Gasteiger partial charge in [-0.05, 0) is 36.4 Å². The van der Waals surface area contributed by atoms with E-state index in [9.17, 15) is 5.11 Å². The number of hydrogen-bond donors (Lipinski definition) is 4. The topological polar surface area (TPSA) is 70.1 Å². The minimum Gasteiger partial charge on any atom is -0.391 e. The molecule has 7 heteroatoms. The molecule has 140 valence electrons. The van der Waals surface area contributed by atoms with E-state index in [1.807, 2.05) is 36.4 Å². The Morgan fingerprint density at radius 3 is 1.85 bits per heavy atom. The quantitative estimate of drug-likeness (QED) is 0.463. The third kappa shape index (κ3) is 4.14. The molecule has 0 aliphatic carbocycles. The number of aliphatic hydroxyl groups is 3. The van der Waals surface area contributed by atoms with Crippen LogP contribution >= 0.6 is 23.2 Å². The number of quaternary nitrogens is 1. The van der Waals surface area contributed by atoms with Gasteiger partial charge in [-0.1, -0.05) is 23.2 Å².